The largest absolute Gasteiger partial charge is 0.451 e. The van der Waals surface area contributed by atoms with Crippen LogP contribution in [0.3, 0.4) is 0 Å². The maximum absolute atomic E-state index is 12.6. The monoisotopic (exact) mass is 427 g/mol. The zero-order valence-corrected chi connectivity index (χ0v) is 17.7. The summed E-state index contributed by atoms with van der Waals surface area (Å²) in [5, 5.41) is 15.9. The van der Waals surface area contributed by atoms with E-state index in [4.69, 9.17) is 4.74 Å². The number of hydrogen-bond donors (Lipinski definition) is 2. The third kappa shape index (κ3) is 6.63. The number of amides is 2. The predicted molar refractivity (Wildman–Crippen MR) is 115 cm³/mol. The number of nitrogens with zero attached hydrogens (tertiary/aromatic N) is 1. The Morgan fingerprint density at radius 2 is 1.55 bits per heavy atom. The summed E-state index contributed by atoms with van der Waals surface area (Å²) >= 11 is 0. The van der Waals surface area contributed by atoms with Gasteiger partial charge in [0.2, 0.25) is 0 Å². The number of non-ortho nitro benzene ring substituents is 1. The minimum Gasteiger partial charge on any atom is -0.451 e. The molecular weight excluding hydrogens is 402 g/mol. The number of esters is 1. The molecule has 0 aliphatic heterocycles. The van der Waals surface area contributed by atoms with Gasteiger partial charge < -0.3 is 15.4 Å². The van der Waals surface area contributed by atoms with Gasteiger partial charge in [-0.1, -0.05) is 31.5 Å². The van der Waals surface area contributed by atoms with Crippen molar-refractivity contribution in [2.24, 2.45) is 5.92 Å². The molecule has 0 aromatic heterocycles. The van der Waals surface area contributed by atoms with E-state index in [1.807, 2.05) is 6.92 Å². The highest BCUT2D eigenvalue weighted by Crippen LogP contribution is 2.16. The summed E-state index contributed by atoms with van der Waals surface area (Å²) in [6, 6.07) is 11.2. The number of carbonyl (C=O) groups is 3. The van der Waals surface area contributed by atoms with Crippen molar-refractivity contribution in [3.63, 3.8) is 0 Å². The van der Waals surface area contributed by atoms with Gasteiger partial charge in [0, 0.05) is 23.4 Å². The molecule has 9 heteroatoms. The summed E-state index contributed by atoms with van der Waals surface area (Å²) < 4.78 is 5.25. The van der Waals surface area contributed by atoms with Crippen molar-refractivity contribution in [3.8, 4) is 0 Å². The second kappa shape index (κ2) is 10.3. The molecule has 0 radical (unpaired) electrons. The second-order valence-electron chi connectivity index (χ2n) is 7.43. The molecule has 2 aromatic carbocycles. The van der Waals surface area contributed by atoms with Crippen LogP contribution in [0.2, 0.25) is 0 Å². The van der Waals surface area contributed by atoms with Crippen LogP contribution >= 0.6 is 0 Å². The highest BCUT2D eigenvalue weighted by atomic mass is 16.6. The molecule has 2 N–H and O–H groups in total. The van der Waals surface area contributed by atoms with E-state index < -0.39 is 34.9 Å². The molecule has 0 heterocycles. The van der Waals surface area contributed by atoms with E-state index in [0.29, 0.717) is 11.3 Å². The van der Waals surface area contributed by atoms with Crippen LogP contribution < -0.4 is 10.6 Å². The van der Waals surface area contributed by atoms with E-state index in [-0.39, 0.29) is 11.6 Å². The van der Waals surface area contributed by atoms with Gasteiger partial charge in [0.05, 0.1) is 4.92 Å². The Labute approximate surface area is 179 Å². The molecule has 2 aromatic rings. The number of nitro benzene ring substituents is 1. The minimum absolute atomic E-state index is 0.110. The predicted octanol–water partition coefficient (Wildman–Crippen LogP) is 3.23. The molecule has 2 amide bonds. The van der Waals surface area contributed by atoms with Crippen molar-refractivity contribution in [1.82, 2.24) is 5.32 Å². The summed E-state index contributed by atoms with van der Waals surface area (Å²) in [7, 11) is 0. The van der Waals surface area contributed by atoms with Crippen LogP contribution in [0.5, 0.6) is 0 Å². The summed E-state index contributed by atoms with van der Waals surface area (Å²) in [5.74, 6) is -2.03. The Morgan fingerprint density at radius 1 is 0.968 bits per heavy atom. The summed E-state index contributed by atoms with van der Waals surface area (Å²) in [5.41, 5.74) is 1.63. The molecule has 0 aliphatic rings. The lowest BCUT2D eigenvalue weighted by Crippen LogP contribution is -2.47. The van der Waals surface area contributed by atoms with Crippen LogP contribution in [0.4, 0.5) is 11.4 Å². The molecule has 0 aliphatic carbocycles. The molecule has 2 rings (SSSR count). The zero-order valence-electron chi connectivity index (χ0n) is 17.7. The Morgan fingerprint density at radius 3 is 2.06 bits per heavy atom. The van der Waals surface area contributed by atoms with Gasteiger partial charge in [-0.15, -0.1) is 0 Å². The third-order valence-corrected chi connectivity index (χ3v) is 4.53. The van der Waals surface area contributed by atoms with Crippen molar-refractivity contribution < 1.29 is 24.0 Å². The lowest BCUT2D eigenvalue weighted by atomic mass is 10.0. The minimum atomic E-state index is -1.14. The number of anilines is 1. The van der Waals surface area contributed by atoms with Gasteiger partial charge in [-0.3, -0.25) is 19.7 Å². The third-order valence-electron chi connectivity index (χ3n) is 4.53. The molecule has 9 nitrogen and oxygen atoms in total. The molecule has 31 heavy (non-hydrogen) atoms. The molecular formula is C22H25N3O6. The van der Waals surface area contributed by atoms with E-state index in [2.05, 4.69) is 10.6 Å². The van der Waals surface area contributed by atoms with Gasteiger partial charge in [0.15, 0.2) is 6.10 Å². The molecule has 2 atom stereocenters. The van der Waals surface area contributed by atoms with Crippen LogP contribution in [-0.2, 0) is 14.3 Å². The first-order chi connectivity index (χ1) is 14.6. The van der Waals surface area contributed by atoms with Crippen molar-refractivity contribution in [1.29, 1.82) is 0 Å². The molecule has 0 spiro atoms. The highest BCUT2D eigenvalue weighted by Gasteiger charge is 2.29. The number of aryl methyl sites for hydroxylation is 1. The molecule has 0 saturated heterocycles. The number of ether oxygens (including phenoxy) is 1. The second-order valence-corrected chi connectivity index (χ2v) is 7.43. The van der Waals surface area contributed by atoms with E-state index in [1.165, 1.54) is 31.2 Å². The van der Waals surface area contributed by atoms with Crippen molar-refractivity contribution in [2.45, 2.75) is 39.8 Å². The van der Waals surface area contributed by atoms with Crippen LogP contribution in [0.25, 0.3) is 0 Å². The smallest absolute Gasteiger partial charge is 0.329 e. The summed E-state index contributed by atoms with van der Waals surface area (Å²) in [4.78, 5) is 47.5. The van der Waals surface area contributed by atoms with Gasteiger partial charge in [0.25, 0.3) is 17.5 Å². The number of nitro groups is 1. The van der Waals surface area contributed by atoms with Crippen molar-refractivity contribution in [2.75, 3.05) is 5.32 Å². The fourth-order valence-electron chi connectivity index (χ4n) is 2.64. The molecule has 0 saturated carbocycles. The van der Waals surface area contributed by atoms with E-state index in [9.17, 15) is 24.5 Å². The number of carbonyl (C=O) groups excluding carboxylic acids is 3. The fraction of sp³-hybridized carbons (Fsp3) is 0.318. The molecule has 164 valence electrons. The van der Waals surface area contributed by atoms with Gasteiger partial charge in [-0.2, -0.15) is 0 Å². The highest BCUT2D eigenvalue weighted by molar-refractivity contribution is 5.98. The maximum Gasteiger partial charge on any atom is 0.329 e. The Hall–Kier alpha value is -3.75. The topological polar surface area (TPSA) is 128 Å². The quantitative estimate of drug-likeness (QED) is 0.378. The SMILES string of the molecule is Cc1ccc(C(=O)N[C@H](C(=O)OC(C)C(=O)Nc2ccc([N+](=O)[O-])cc2)C(C)C)cc1. The number of hydrogen-bond acceptors (Lipinski definition) is 6. The van der Waals surface area contributed by atoms with Crippen LogP contribution in [0.15, 0.2) is 48.5 Å². The normalized spacial score (nSPS) is 12.5. The Bertz CT molecular complexity index is 954. The summed E-state index contributed by atoms with van der Waals surface area (Å²) in [6.45, 7) is 6.81. The van der Waals surface area contributed by atoms with E-state index in [0.717, 1.165) is 5.56 Å². The average molecular weight is 427 g/mol. The van der Waals surface area contributed by atoms with Crippen LogP contribution in [0.1, 0.15) is 36.7 Å². The Balaban J connectivity index is 1.98. The lowest BCUT2D eigenvalue weighted by Gasteiger charge is -2.23. The standard InChI is InChI=1S/C22H25N3O6/c1-13(2)19(24-21(27)16-7-5-14(3)6-8-16)22(28)31-15(4)20(26)23-17-9-11-18(12-10-17)25(29)30/h5-13,15,19H,1-4H3,(H,23,26)(H,24,27)/t15?,19-/m0/s1. The van der Waals surface area contributed by atoms with Crippen LogP contribution in [-0.4, -0.2) is 34.9 Å². The zero-order chi connectivity index (χ0) is 23.1. The molecule has 0 bridgehead atoms. The molecule has 0 fully saturated rings. The van der Waals surface area contributed by atoms with Crippen LogP contribution in [0, 0.1) is 23.0 Å². The fourth-order valence-corrected chi connectivity index (χ4v) is 2.64. The number of benzene rings is 2. The average Bonchev–Trinajstić information content (AvgIpc) is 2.72. The number of rotatable bonds is 8. The number of nitrogens with one attached hydrogen (secondary N) is 2. The van der Waals surface area contributed by atoms with E-state index in [1.54, 1.807) is 38.1 Å². The van der Waals surface area contributed by atoms with Crippen molar-refractivity contribution >= 4 is 29.2 Å². The van der Waals surface area contributed by atoms with Gasteiger partial charge in [-0.05, 0) is 44.0 Å². The Kier molecular flexibility index (Phi) is 7.84. The first-order valence-corrected chi connectivity index (χ1v) is 9.72. The first-order valence-electron chi connectivity index (χ1n) is 9.72. The van der Waals surface area contributed by atoms with Crippen molar-refractivity contribution in [3.05, 3.63) is 69.8 Å². The van der Waals surface area contributed by atoms with Gasteiger partial charge >= 0.3 is 5.97 Å². The lowest BCUT2D eigenvalue weighted by molar-refractivity contribution is -0.384. The van der Waals surface area contributed by atoms with Gasteiger partial charge in [0.1, 0.15) is 6.04 Å². The maximum atomic E-state index is 12.6. The first kappa shape index (κ1) is 23.5. The van der Waals surface area contributed by atoms with Gasteiger partial charge in [-0.25, -0.2) is 4.79 Å². The van der Waals surface area contributed by atoms with E-state index >= 15 is 0 Å². The summed E-state index contributed by atoms with van der Waals surface area (Å²) in [6.07, 6.45) is -1.14. The molecule has 1 unspecified atom stereocenters.